The van der Waals surface area contributed by atoms with Crippen LogP contribution in [0.3, 0.4) is 0 Å². The molecular formula is C77H122F8N12O13. The first-order chi connectivity index (χ1) is 51.5. The molecule has 5 fully saturated rings. The maximum Gasteiger partial charge on any atom is 0.397 e. The molecule has 0 bridgehead atoms. The van der Waals surface area contributed by atoms with Gasteiger partial charge in [-0.3, -0.25) is 57.5 Å². The smallest absolute Gasteiger partial charge is 0.379 e. The average molecular weight is 1580 g/mol. The molecule has 110 heavy (non-hydrogen) atoms. The Kier molecular flexibility index (Phi) is 33.7. The van der Waals surface area contributed by atoms with E-state index in [1.54, 1.807) is 32.9 Å². The van der Waals surface area contributed by atoms with Gasteiger partial charge >= 0.3 is 12.4 Å². The van der Waals surface area contributed by atoms with Crippen LogP contribution in [0.5, 0.6) is 0 Å². The van der Waals surface area contributed by atoms with Crippen molar-refractivity contribution in [3.05, 3.63) is 12.2 Å². The summed E-state index contributed by atoms with van der Waals surface area (Å²) in [7, 11) is 9.70. The van der Waals surface area contributed by atoms with E-state index in [0.717, 1.165) is 24.5 Å². The quantitative estimate of drug-likeness (QED) is 0.0318. The van der Waals surface area contributed by atoms with Crippen LogP contribution in [-0.2, 0) is 62.3 Å². The highest BCUT2D eigenvalue weighted by atomic mass is 19.4. The number of halogens is 8. The molecule has 0 spiro atoms. The number of likely N-dealkylation sites (tertiary alicyclic amines) is 1. The second kappa shape index (κ2) is 40.5. The Morgan fingerprint density at radius 2 is 1.32 bits per heavy atom. The third-order valence-electron chi connectivity index (χ3n) is 24.1. The topological polar surface area (TPSA) is 293 Å². The van der Waals surface area contributed by atoms with Gasteiger partial charge in [0, 0.05) is 81.5 Å². The molecule has 4 saturated carbocycles. The molecule has 6 aliphatic rings. The molecule has 4 N–H and O–H groups in total. The standard InChI is InChI=1S/C77H122F8N12O13/c1-14-34-89(7)69(104)57(94(12)73(108)65(51-23-19-20-24-51)95(13)74(109)75(32-22-33-75)88-67(102)56-37-46(4)42-97(56)68(103)48(6)26-27-50-38-53(78)63(54(79)39-50)77(83,84)85)41-61(99)93(11)59(45-110-36-15-2)66(101)87-64(47(5)16-3)72(107)91(9)44-62(100)92(10)55-25-18-17-21-35-96(71(55)106)58(70(105)90(8)43-60(86)98)40-49-28-30-52(31-29-49)76(80,81)82/h17-18,46-59,63-65H,14-16,19-45H2,1-13H3,(H2,86,98)(H,87,101)(H,88,102)/b18-17-/t46-,47-,48-,49?,50?,52?,53?,54?,55-,56-,57-,58-,59-,63?,64-,65-/m0/s1. The van der Waals surface area contributed by atoms with Crippen molar-refractivity contribution in [2.75, 3.05) is 95.3 Å². The number of carbonyl (C=O) groups excluding carboxylic acids is 12. The molecule has 6 rings (SSSR count). The van der Waals surface area contributed by atoms with E-state index >= 15 is 14.4 Å². The Bertz CT molecular complexity index is 3210. The number of rotatable bonds is 35. The highest BCUT2D eigenvalue weighted by molar-refractivity contribution is 6.00. The molecule has 12 amide bonds. The summed E-state index contributed by atoms with van der Waals surface area (Å²) in [5.41, 5.74) is 3.94. The summed E-state index contributed by atoms with van der Waals surface area (Å²) in [5, 5.41) is 5.80. The third kappa shape index (κ3) is 23.2. The van der Waals surface area contributed by atoms with Gasteiger partial charge in [0.05, 0.1) is 32.0 Å². The number of likely N-dealkylation sites (N-methyl/N-ethyl adjacent to an activating group) is 7. The summed E-state index contributed by atoms with van der Waals surface area (Å²) in [6, 6.07) is -9.03. The fraction of sp³-hybridized carbons (Fsp3) is 0.818. The van der Waals surface area contributed by atoms with Crippen LogP contribution in [0.4, 0.5) is 35.1 Å². The van der Waals surface area contributed by atoms with Gasteiger partial charge in [0.25, 0.3) is 0 Å². The number of primary amides is 1. The van der Waals surface area contributed by atoms with E-state index in [1.807, 2.05) is 20.8 Å². The molecule has 2 aliphatic heterocycles. The van der Waals surface area contributed by atoms with Crippen LogP contribution in [0.2, 0.25) is 0 Å². The number of hydrogen-bond acceptors (Lipinski definition) is 13. The van der Waals surface area contributed by atoms with E-state index in [1.165, 1.54) is 68.9 Å². The van der Waals surface area contributed by atoms with Crippen molar-refractivity contribution < 1.29 is 97.4 Å². The van der Waals surface area contributed by atoms with E-state index in [-0.39, 0.29) is 115 Å². The zero-order valence-electron chi connectivity index (χ0n) is 66.6. The molecule has 2 unspecified atom stereocenters. The number of hydrogen-bond donors (Lipinski definition) is 3. The van der Waals surface area contributed by atoms with Crippen LogP contribution in [0.1, 0.15) is 189 Å². The second-order valence-corrected chi connectivity index (χ2v) is 32.4. The van der Waals surface area contributed by atoms with Crippen molar-refractivity contribution in [2.24, 2.45) is 53.1 Å². The molecule has 0 aromatic rings. The lowest BCUT2D eigenvalue weighted by Crippen LogP contribution is -2.68. The molecular weight excluding hydrogens is 1450 g/mol. The second-order valence-electron chi connectivity index (χ2n) is 32.4. The molecule has 4 aliphatic carbocycles. The zero-order chi connectivity index (χ0) is 82.2. The number of amides is 12. The summed E-state index contributed by atoms with van der Waals surface area (Å²) in [6.07, 6.45) is -7.22. The predicted octanol–water partition coefficient (Wildman–Crippen LogP) is 7.37. The van der Waals surface area contributed by atoms with Crippen molar-refractivity contribution in [1.82, 2.24) is 54.7 Å². The molecule has 25 nitrogen and oxygen atoms in total. The van der Waals surface area contributed by atoms with Crippen LogP contribution < -0.4 is 16.4 Å². The van der Waals surface area contributed by atoms with Gasteiger partial charge in [-0.05, 0) is 152 Å². The minimum Gasteiger partial charge on any atom is -0.379 e. The van der Waals surface area contributed by atoms with E-state index in [0.29, 0.717) is 51.4 Å². The van der Waals surface area contributed by atoms with Gasteiger partial charge in [0.2, 0.25) is 70.9 Å². The van der Waals surface area contributed by atoms with Crippen LogP contribution in [0.25, 0.3) is 0 Å². The molecule has 12 atom stereocenters. The fourth-order valence-electron chi connectivity index (χ4n) is 16.9. The van der Waals surface area contributed by atoms with Crippen LogP contribution in [0, 0.1) is 47.3 Å². The Morgan fingerprint density at radius 3 is 1.87 bits per heavy atom. The van der Waals surface area contributed by atoms with Crippen LogP contribution in [-0.4, -0.2) is 283 Å². The molecule has 33 heteroatoms. The van der Waals surface area contributed by atoms with Gasteiger partial charge in [0.15, 0.2) is 0 Å². The summed E-state index contributed by atoms with van der Waals surface area (Å²) >= 11 is 0. The Hall–Kier alpha value is -7.22. The molecule has 1 saturated heterocycles. The van der Waals surface area contributed by atoms with Gasteiger partial charge in [-0.25, -0.2) is 8.78 Å². The first-order valence-corrected chi connectivity index (χ1v) is 39.5. The van der Waals surface area contributed by atoms with Gasteiger partial charge in [0.1, 0.15) is 66.1 Å². The van der Waals surface area contributed by atoms with E-state index in [4.69, 9.17) is 10.5 Å². The summed E-state index contributed by atoms with van der Waals surface area (Å²) < 4.78 is 117. The van der Waals surface area contributed by atoms with Gasteiger partial charge in [-0.15, -0.1) is 0 Å². The van der Waals surface area contributed by atoms with E-state index < -0.39 is 218 Å². The van der Waals surface area contributed by atoms with Gasteiger partial charge in [-0.2, -0.15) is 26.3 Å². The fourth-order valence-corrected chi connectivity index (χ4v) is 16.9. The zero-order valence-corrected chi connectivity index (χ0v) is 66.6. The first kappa shape index (κ1) is 91.7. The summed E-state index contributed by atoms with van der Waals surface area (Å²) in [4.78, 5) is 186. The maximum atomic E-state index is 15.6. The SMILES string of the molecule is CCCOC[C@@H](C(=O)N[C@H](C(=O)N(C)CC(=O)N(C)[C@H]1C/C=C\CCN([C@@H](CC2CCC(C(F)(F)F)CC2)C(=O)N(C)CC(N)=O)C1=O)[C@@H](C)CC)N(C)C(=O)C[C@@H](C(=O)N(C)CCC)N(C)C(=O)[C@H](C1CCCC1)N(C)C(=O)C1(NC(=O)[C@@H]2C[C@H](C)CN2C(=O)[C@@H](C)CCC2CC(F)C(C(F)(F)F)C(F)C2)CCC1. The normalized spacial score (nSPS) is 25.3. The van der Waals surface area contributed by atoms with E-state index in [9.17, 15) is 78.3 Å². The third-order valence-corrected chi connectivity index (χ3v) is 24.1. The lowest BCUT2D eigenvalue weighted by Gasteiger charge is -2.46. The van der Waals surface area contributed by atoms with Crippen molar-refractivity contribution in [2.45, 2.75) is 262 Å². The molecule has 0 radical (unpaired) electrons. The van der Waals surface area contributed by atoms with Crippen LogP contribution >= 0.6 is 0 Å². The number of nitrogens with two attached hydrogens (primary N) is 1. The monoisotopic (exact) mass is 1570 g/mol. The van der Waals surface area contributed by atoms with Crippen molar-refractivity contribution in [3.63, 3.8) is 0 Å². The van der Waals surface area contributed by atoms with Gasteiger partial charge in [-0.1, -0.05) is 73.0 Å². The molecule has 2 heterocycles. The van der Waals surface area contributed by atoms with Crippen molar-refractivity contribution >= 4 is 70.9 Å². The molecule has 624 valence electrons. The van der Waals surface area contributed by atoms with Crippen LogP contribution in [0.15, 0.2) is 12.2 Å². The Balaban J connectivity index is 1.18. The van der Waals surface area contributed by atoms with Crippen molar-refractivity contribution in [3.8, 4) is 0 Å². The number of nitrogens with one attached hydrogen (secondary N) is 2. The summed E-state index contributed by atoms with van der Waals surface area (Å²) in [6.45, 7) is 9.57. The number of ether oxygens (including phenoxy) is 1. The highest BCUT2D eigenvalue weighted by Gasteiger charge is 2.56. The Morgan fingerprint density at radius 1 is 0.700 bits per heavy atom. The lowest BCUT2D eigenvalue weighted by atomic mass is 9.74. The predicted molar refractivity (Wildman–Crippen MR) is 392 cm³/mol. The maximum absolute atomic E-state index is 15.6. The first-order valence-electron chi connectivity index (χ1n) is 39.5. The highest BCUT2D eigenvalue weighted by Crippen LogP contribution is 2.46. The van der Waals surface area contributed by atoms with E-state index in [2.05, 4.69) is 10.6 Å². The van der Waals surface area contributed by atoms with Crippen molar-refractivity contribution in [1.29, 1.82) is 0 Å². The number of nitrogens with zero attached hydrogens (tertiary/aromatic N) is 9. The summed E-state index contributed by atoms with van der Waals surface area (Å²) in [5.74, 6) is -15.4. The number of alkyl halides is 8. The molecule has 0 aromatic heterocycles. The number of carbonyl (C=O) groups is 12. The van der Waals surface area contributed by atoms with Gasteiger partial charge < -0.3 is 65.2 Å². The lowest BCUT2D eigenvalue weighted by molar-refractivity contribution is -0.219. The minimum absolute atomic E-state index is 0.0116. The largest absolute Gasteiger partial charge is 0.397 e. The Labute approximate surface area is 642 Å². The minimum atomic E-state index is -5.03. The molecule has 0 aromatic carbocycles. The average Bonchev–Trinajstić information content (AvgIpc) is 1.20.